The number of imidazole rings is 1. The van der Waals surface area contributed by atoms with Crippen molar-refractivity contribution in [2.24, 2.45) is 0 Å². The summed E-state index contributed by atoms with van der Waals surface area (Å²) in [5.74, 6) is 1.59. The van der Waals surface area contributed by atoms with Crippen molar-refractivity contribution in [2.75, 3.05) is 29.6 Å². The van der Waals surface area contributed by atoms with Gasteiger partial charge in [0.25, 0.3) is 0 Å². The van der Waals surface area contributed by atoms with Gasteiger partial charge in [0.2, 0.25) is 17.8 Å². The maximum Gasteiger partial charge on any atom is 0.241 e. The number of rotatable bonds is 6. The normalized spacial score (nSPS) is 12.3. The van der Waals surface area contributed by atoms with Crippen molar-refractivity contribution in [3.8, 4) is 5.95 Å². The van der Waals surface area contributed by atoms with Crippen molar-refractivity contribution in [1.82, 2.24) is 24.5 Å². The molecular weight excluding hydrogens is 266 g/mol. The molecule has 2 aromatic rings. The molecule has 0 bridgehead atoms. The fourth-order valence-electron chi connectivity index (χ4n) is 1.43. The summed E-state index contributed by atoms with van der Waals surface area (Å²) in [4.78, 5) is 16.2. The quantitative estimate of drug-likeness (QED) is 0.706. The molecule has 3 N–H and O–H groups in total. The van der Waals surface area contributed by atoms with Crippen LogP contribution in [0.4, 0.5) is 11.9 Å². The average Bonchev–Trinajstić information content (AvgIpc) is 2.87. The first-order valence-electron chi connectivity index (χ1n) is 5.69. The van der Waals surface area contributed by atoms with E-state index in [1.165, 1.54) is 0 Å². The van der Waals surface area contributed by atoms with Crippen molar-refractivity contribution in [3.05, 3.63) is 18.7 Å². The molecule has 102 valence electrons. The van der Waals surface area contributed by atoms with E-state index < -0.39 is 10.8 Å². The van der Waals surface area contributed by atoms with Crippen molar-refractivity contribution in [3.63, 3.8) is 0 Å². The number of nitrogen functional groups attached to an aromatic ring is 1. The molecule has 0 fully saturated rings. The number of hydrogen-bond donors (Lipinski definition) is 2. The van der Waals surface area contributed by atoms with E-state index in [0.717, 1.165) is 6.42 Å². The summed E-state index contributed by atoms with van der Waals surface area (Å²) in [6.45, 7) is 0.631. The molecule has 8 nitrogen and oxygen atoms in total. The zero-order valence-electron chi connectivity index (χ0n) is 10.5. The van der Waals surface area contributed by atoms with E-state index in [4.69, 9.17) is 5.73 Å². The average molecular weight is 281 g/mol. The van der Waals surface area contributed by atoms with Crippen LogP contribution in [0.1, 0.15) is 6.42 Å². The van der Waals surface area contributed by atoms with Gasteiger partial charge in [0.15, 0.2) is 0 Å². The molecule has 9 heteroatoms. The van der Waals surface area contributed by atoms with Crippen LogP contribution in [0, 0.1) is 0 Å². The molecule has 0 radical (unpaired) electrons. The van der Waals surface area contributed by atoms with Crippen molar-refractivity contribution >= 4 is 22.7 Å². The summed E-state index contributed by atoms with van der Waals surface area (Å²) < 4.78 is 12.6. The van der Waals surface area contributed by atoms with Gasteiger partial charge in [0, 0.05) is 41.7 Å². The standard InChI is InChI=1S/C10H15N7OS/c1-19(18)6-2-3-13-9-14-8(11)15-10(16-9)17-5-4-12-7-17/h4-5,7H,2-3,6H2,1H3,(H3,11,13,14,15,16). The Balaban J connectivity index is 2.03. The molecule has 2 heterocycles. The van der Waals surface area contributed by atoms with Gasteiger partial charge in [-0.2, -0.15) is 15.0 Å². The number of anilines is 2. The van der Waals surface area contributed by atoms with Crippen LogP contribution in [0.5, 0.6) is 0 Å². The number of nitrogens with two attached hydrogens (primary N) is 1. The fourth-order valence-corrected chi connectivity index (χ4v) is 1.98. The van der Waals surface area contributed by atoms with Gasteiger partial charge in [-0.3, -0.25) is 8.78 Å². The van der Waals surface area contributed by atoms with Gasteiger partial charge in [0.05, 0.1) is 0 Å². The van der Waals surface area contributed by atoms with Crippen LogP contribution in [0.3, 0.4) is 0 Å². The lowest BCUT2D eigenvalue weighted by Crippen LogP contribution is -2.12. The Bertz CT molecular complexity index is 557. The summed E-state index contributed by atoms with van der Waals surface area (Å²) in [6, 6.07) is 0. The van der Waals surface area contributed by atoms with Gasteiger partial charge in [-0.1, -0.05) is 0 Å². The zero-order chi connectivity index (χ0) is 13.7. The van der Waals surface area contributed by atoms with E-state index in [9.17, 15) is 4.21 Å². The lowest BCUT2D eigenvalue weighted by atomic mass is 10.5. The van der Waals surface area contributed by atoms with E-state index in [2.05, 4.69) is 25.3 Å². The molecule has 0 aliphatic rings. The van der Waals surface area contributed by atoms with E-state index in [0.29, 0.717) is 24.2 Å². The van der Waals surface area contributed by atoms with Crippen LogP contribution in [0.2, 0.25) is 0 Å². The highest BCUT2D eigenvalue weighted by Crippen LogP contribution is 2.06. The fraction of sp³-hybridized carbons (Fsp3) is 0.400. The maximum absolute atomic E-state index is 10.9. The number of nitrogens with zero attached hydrogens (tertiary/aromatic N) is 5. The third-order valence-electron chi connectivity index (χ3n) is 2.27. The second kappa shape index (κ2) is 6.23. The molecule has 1 atom stereocenters. The van der Waals surface area contributed by atoms with E-state index in [-0.39, 0.29) is 5.95 Å². The Hall–Kier alpha value is -2.03. The van der Waals surface area contributed by atoms with E-state index >= 15 is 0 Å². The minimum absolute atomic E-state index is 0.139. The lowest BCUT2D eigenvalue weighted by molar-refractivity contribution is 0.685. The van der Waals surface area contributed by atoms with Crippen molar-refractivity contribution < 1.29 is 4.21 Å². The molecule has 1 unspecified atom stereocenters. The van der Waals surface area contributed by atoms with E-state index in [1.807, 2.05) is 0 Å². The third kappa shape index (κ3) is 3.98. The Labute approximate surface area is 113 Å². The van der Waals surface area contributed by atoms with Crippen LogP contribution < -0.4 is 11.1 Å². The Morgan fingerprint density at radius 1 is 1.42 bits per heavy atom. The highest BCUT2D eigenvalue weighted by atomic mass is 32.2. The predicted octanol–water partition coefficient (Wildman–Crippen LogP) is -0.180. The van der Waals surface area contributed by atoms with Crippen LogP contribution in [-0.2, 0) is 10.8 Å². The number of aromatic nitrogens is 5. The zero-order valence-corrected chi connectivity index (χ0v) is 11.3. The minimum atomic E-state index is -0.787. The highest BCUT2D eigenvalue weighted by molar-refractivity contribution is 7.84. The van der Waals surface area contributed by atoms with Crippen LogP contribution in [0.15, 0.2) is 18.7 Å². The second-order valence-electron chi connectivity index (χ2n) is 3.84. The Morgan fingerprint density at radius 2 is 2.26 bits per heavy atom. The topological polar surface area (TPSA) is 112 Å². The van der Waals surface area contributed by atoms with Gasteiger partial charge >= 0.3 is 0 Å². The number of hydrogen-bond acceptors (Lipinski definition) is 7. The summed E-state index contributed by atoms with van der Waals surface area (Å²) >= 11 is 0. The van der Waals surface area contributed by atoms with Crippen LogP contribution in [-0.4, -0.2) is 47.3 Å². The van der Waals surface area contributed by atoms with Crippen molar-refractivity contribution in [2.45, 2.75) is 6.42 Å². The summed E-state index contributed by atoms with van der Waals surface area (Å²) in [7, 11) is -0.787. The molecule has 0 aliphatic heterocycles. The summed E-state index contributed by atoms with van der Waals surface area (Å²) in [5.41, 5.74) is 5.63. The smallest absolute Gasteiger partial charge is 0.241 e. The monoisotopic (exact) mass is 281 g/mol. The molecule has 19 heavy (non-hydrogen) atoms. The first-order chi connectivity index (χ1) is 9.15. The molecular formula is C10H15N7OS. The van der Waals surface area contributed by atoms with Gasteiger partial charge in [-0.25, -0.2) is 4.98 Å². The Kier molecular flexibility index (Phi) is 4.39. The molecule has 2 aromatic heterocycles. The Morgan fingerprint density at radius 3 is 2.95 bits per heavy atom. The molecule has 0 aliphatic carbocycles. The van der Waals surface area contributed by atoms with Crippen LogP contribution >= 0.6 is 0 Å². The largest absolute Gasteiger partial charge is 0.368 e. The van der Waals surface area contributed by atoms with E-state index in [1.54, 1.807) is 29.5 Å². The van der Waals surface area contributed by atoms with Gasteiger partial charge < -0.3 is 11.1 Å². The third-order valence-corrected chi connectivity index (χ3v) is 3.13. The maximum atomic E-state index is 10.9. The lowest BCUT2D eigenvalue weighted by Gasteiger charge is -2.06. The minimum Gasteiger partial charge on any atom is -0.368 e. The van der Waals surface area contributed by atoms with Gasteiger partial charge in [0.1, 0.15) is 6.33 Å². The molecule has 2 rings (SSSR count). The SMILES string of the molecule is CS(=O)CCCNc1nc(N)nc(-n2ccnc2)n1. The first kappa shape index (κ1) is 13.4. The summed E-state index contributed by atoms with van der Waals surface area (Å²) in [5, 5.41) is 3.03. The molecule has 0 spiro atoms. The number of nitrogens with one attached hydrogen (secondary N) is 1. The second-order valence-corrected chi connectivity index (χ2v) is 5.40. The predicted molar refractivity (Wildman–Crippen MR) is 73.4 cm³/mol. The summed E-state index contributed by atoms with van der Waals surface area (Å²) in [6.07, 6.45) is 7.38. The molecule has 0 saturated carbocycles. The highest BCUT2D eigenvalue weighted by Gasteiger charge is 2.05. The first-order valence-corrected chi connectivity index (χ1v) is 7.41. The molecule has 0 aromatic carbocycles. The van der Waals surface area contributed by atoms with Gasteiger partial charge in [-0.05, 0) is 6.42 Å². The molecule has 0 saturated heterocycles. The molecule has 0 amide bonds. The van der Waals surface area contributed by atoms with Gasteiger partial charge in [-0.15, -0.1) is 0 Å². The van der Waals surface area contributed by atoms with Crippen molar-refractivity contribution in [1.29, 1.82) is 0 Å². The van der Waals surface area contributed by atoms with Crippen LogP contribution in [0.25, 0.3) is 5.95 Å².